The van der Waals surface area contributed by atoms with Crippen molar-refractivity contribution in [3.63, 3.8) is 0 Å². The van der Waals surface area contributed by atoms with E-state index in [0.717, 1.165) is 0 Å². The molecule has 0 fully saturated rings. The van der Waals surface area contributed by atoms with Gasteiger partial charge in [0.15, 0.2) is 6.29 Å². The summed E-state index contributed by atoms with van der Waals surface area (Å²) in [6, 6.07) is 0. The van der Waals surface area contributed by atoms with Gasteiger partial charge in [-0.3, -0.25) is 0 Å². The third kappa shape index (κ3) is 6.69. The van der Waals surface area contributed by atoms with E-state index in [9.17, 15) is 10.2 Å². The number of aliphatic hydroxyl groups excluding tert-OH is 3. The predicted molar refractivity (Wildman–Crippen MR) is 82.3 cm³/mol. The molecule has 3 unspecified atom stereocenters. The summed E-state index contributed by atoms with van der Waals surface area (Å²) >= 11 is 10.3. The standard InChI is InChI=1S/C6H11Br2O3.C6H14O3.Ni/c1-2-5(3-7,4-9)6(8,10)11;1-3-6(2,4-7)5(8)9;/h3,9-11H,2,4H2,1H3;5,7-9H,3-4H2,1-2H3;. The summed E-state index contributed by atoms with van der Waals surface area (Å²) in [7, 11) is 0. The molecule has 0 rings (SSSR count). The van der Waals surface area contributed by atoms with Crippen molar-refractivity contribution < 1.29 is 46.1 Å². The topological polar surface area (TPSA) is 121 Å². The molecule has 9 heteroatoms. The fourth-order valence-corrected chi connectivity index (χ4v) is 3.53. The molecule has 0 amide bonds. The molecule has 0 aliphatic carbocycles. The summed E-state index contributed by atoms with van der Waals surface area (Å²) in [6.07, 6.45) is -0.508. The Morgan fingerprint density at radius 1 is 1.05 bits per heavy atom. The molecule has 0 heterocycles. The molecule has 0 radical (unpaired) electrons. The van der Waals surface area contributed by atoms with Crippen molar-refractivity contribution in [1.82, 2.24) is 0 Å². The van der Waals surface area contributed by atoms with E-state index in [2.05, 4.69) is 47.3 Å². The molecule has 0 spiro atoms. The summed E-state index contributed by atoms with van der Waals surface area (Å²) in [4.78, 5) is 0. The normalized spacial score (nSPS) is 19.3. The minimum atomic E-state index is -2.14. The van der Waals surface area contributed by atoms with E-state index in [0.29, 0.717) is 12.8 Å². The van der Waals surface area contributed by atoms with Gasteiger partial charge >= 0.3 is 96.5 Å². The van der Waals surface area contributed by atoms with E-state index in [1.165, 1.54) is 0 Å². The van der Waals surface area contributed by atoms with Crippen LogP contribution in [0.5, 0.6) is 0 Å². The van der Waals surface area contributed by atoms with Crippen molar-refractivity contribution in [2.75, 3.05) is 13.2 Å². The van der Waals surface area contributed by atoms with Crippen LogP contribution in [0.15, 0.2) is 0 Å². The monoisotopic (exact) mass is 481 g/mol. The van der Waals surface area contributed by atoms with E-state index < -0.39 is 32.2 Å². The van der Waals surface area contributed by atoms with Crippen LogP contribution in [0.4, 0.5) is 0 Å². The van der Waals surface area contributed by atoms with Crippen LogP contribution in [0.3, 0.4) is 0 Å². The molecule has 0 aliphatic rings. The van der Waals surface area contributed by atoms with Gasteiger partial charge < -0.3 is 15.3 Å². The van der Waals surface area contributed by atoms with E-state index >= 15 is 0 Å². The number of hydrogen-bond acceptors (Lipinski definition) is 6. The maximum atomic E-state index is 9.32. The fraction of sp³-hybridized carbons (Fsp3) is 1.00. The van der Waals surface area contributed by atoms with Crippen LogP contribution >= 0.6 is 31.9 Å². The van der Waals surface area contributed by atoms with Crippen molar-refractivity contribution in [2.45, 2.75) is 48.4 Å². The Hall–Kier alpha value is 1.21. The summed E-state index contributed by atoms with van der Waals surface area (Å²) in [5.41, 5.74) is -1.90. The Morgan fingerprint density at radius 3 is 1.48 bits per heavy atom. The van der Waals surface area contributed by atoms with Crippen LogP contribution in [0.2, 0.25) is 0 Å². The van der Waals surface area contributed by atoms with Gasteiger partial charge in [-0.1, -0.05) is 13.8 Å². The average molecular weight is 484 g/mol. The van der Waals surface area contributed by atoms with Gasteiger partial charge in [0.2, 0.25) is 0 Å². The van der Waals surface area contributed by atoms with Crippen LogP contribution < -0.4 is 0 Å². The van der Waals surface area contributed by atoms with E-state index in [1.807, 2.05) is 0 Å². The second kappa shape index (κ2) is 10.2. The summed E-state index contributed by atoms with van der Waals surface area (Å²) in [6.45, 7) is 4.57. The molecule has 6 nitrogen and oxygen atoms in total. The van der Waals surface area contributed by atoms with Crippen LogP contribution in [0, 0.1) is 10.8 Å². The molecule has 0 bridgehead atoms. The number of hydrogen-bond donors (Lipinski definition) is 6. The fourth-order valence-electron chi connectivity index (χ4n) is 1.15. The van der Waals surface area contributed by atoms with Gasteiger partial charge in [0.1, 0.15) is 0 Å². The first-order chi connectivity index (χ1) is 9.38. The van der Waals surface area contributed by atoms with Gasteiger partial charge in [-0.2, -0.15) is 0 Å². The molecule has 133 valence electrons. The SMILES string of the molecule is CCC(C)(CO)C(O)O.CCC(CO)([CH]([Ni])Br)C(O)(O)Br. The quantitative estimate of drug-likeness (QED) is 0.177. The van der Waals surface area contributed by atoms with Crippen LogP contribution in [0.25, 0.3) is 0 Å². The third-order valence-corrected chi connectivity index (χ3v) is 5.93. The van der Waals surface area contributed by atoms with Crippen molar-refractivity contribution in [1.29, 1.82) is 0 Å². The molecule has 0 saturated heterocycles. The maximum absolute atomic E-state index is 9.32. The predicted octanol–water partition coefficient (Wildman–Crippen LogP) is 0.382. The summed E-state index contributed by atoms with van der Waals surface area (Å²) in [5, 5.41) is 53.7. The second-order valence-corrected chi connectivity index (χ2v) is 8.32. The molecule has 0 saturated carbocycles. The van der Waals surface area contributed by atoms with Crippen LogP contribution in [-0.4, -0.2) is 58.6 Å². The van der Waals surface area contributed by atoms with Gasteiger partial charge in [0, 0.05) is 5.41 Å². The first-order valence-electron chi connectivity index (χ1n) is 6.34. The van der Waals surface area contributed by atoms with Gasteiger partial charge in [-0.25, -0.2) is 0 Å². The Kier molecular flexibility index (Phi) is 11.8. The van der Waals surface area contributed by atoms with Gasteiger partial charge in [0.25, 0.3) is 0 Å². The van der Waals surface area contributed by atoms with Crippen molar-refractivity contribution >= 4 is 31.9 Å². The number of alkyl halides is 2. The number of aliphatic hydroxyl groups is 6. The Balaban J connectivity index is 0. The average Bonchev–Trinajstić information content (AvgIpc) is 2.38. The van der Waals surface area contributed by atoms with Crippen molar-refractivity contribution in [3.05, 3.63) is 0 Å². The van der Waals surface area contributed by atoms with E-state index in [-0.39, 0.29) is 6.61 Å². The number of rotatable bonds is 7. The zero-order valence-corrected chi connectivity index (χ0v) is 16.4. The van der Waals surface area contributed by atoms with Gasteiger partial charge in [0.05, 0.1) is 6.61 Å². The molecule has 0 aromatic heterocycles. The Morgan fingerprint density at radius 2 is 1.48 bits per heavy atom. The van der Waals surface area contributed by atoms with Crippen LogP contribution in [-0.2, 0) is 15.5 Å². The molecular weight excluding hydrogens is 459 g/mol. The summed E-state index contributed by atoms with van der Waals surface area (Å²) < 4.78 is -2.72. The van der Waals surface area contributed by atoms with Gasteiger partial charge in [-0.05, 0) is 6.42 Å². The minimum absolute atomic E-state index is 0.193. The number of halogens is 2. The molecule has 0 aliphatic heterocycles. The Bertz CT molecular complexity index is 275. The molecule has 21 heavy (non-hydrogen) atoms. The molecule has 6 N–H and O–H groups in total. The van der Waals surface area contributed by atoms with Crippen LogP contribution in [0.1, 0.15) is 33.6 Å². The first-order valence-corrected chi connectivity index (χ1v) is 8.62. The first kappa shape index (κ1) is 24.5. The van der Waals surface area contributed by atoms with Crippen molar-refractivity contribution in [2.24, 2.45) is 10.8 Å². The molecule has 0 aromatic rings. The molecular formula is C12H25Br2NiO6. The summed E-state index contributed by atoms with van der Waals surface area (Å²) in [5.74, 6) is 0. The van der Waals surface area contributed by atoms with Gasteiger partial charge in [-0.15, -0.1) is 0 Å². The molecule has 0 aromatic carbocycles. The third-order valence-electron chi connectivity index (χ3n) is 3.72. The zero-order valence-electron chi connectivity index (χ0n) is 12.2. The zero-order chi connectivity index (χ0) is 17.5. The Labute approximate surface area is 150 Å². The molecule has 3 atom stereocenters. The van der Waals surface area contributed by atoms with E-state index in [1.54, 1.807) is 20.8 Å². The van der Waals surface area contributed by atoms with E-state index in [4.69, 9.17) is 20.4 Å². The van der Waals surface area contributed by atoms with Crippen molar-refractivity contribution in [3.8, 4) is 0 Å². The second-order valence-electron chi connectivity index (χ2n) is 5.06.